The number of hydrogen-bond donors (Lipinski definition) is 1. The molecule has 2 aliphatic rings. The summed E-state index contributed by atoms with van der Waals surface area (Å²) in [5, 5.41) is 11.6. The lowest BCUT2D eigenvalue weighted by atomic mass is 9.99. The fourth-order valence-corrected chi connectivity index (χ4v) is 4.75. The molecule has 0 heterocycles. The van der Waals surface area contributed by atoms with E-state index in [1.165, 1.54) is 0 Å². The highest BCUT2D eigenvalue weighted by atomic mass is 35.5. The molecule has 1 aromatic rings. The van der Waals surface area contributed by atoms with Gasteiger partial charge in [-0.3, -0.25) is 9.59 Å². The molecule has 0 amide bonds. The Morgan fingerprint density at radius 3 is 2.28 bits per heavy atom. The third kappa shape index (κ3) is 5.65. The predicted molar refractivity (Wildman–Crippen MR) is 143 cm³/mol. The number of allylic oxidation sites excluding steroid dienone is 7. The number of carbonyl (C=O) groups excluding carboxylic acids is 2. The Balaban J connectivity index is 2.03. The topological polar surface area (TPSA) is 79.1 Å². The maximum atomic E-state index is 13.0. The molecule has 7 nitrogen and oxygen atoms in total. The SMILES string of the molecule is CCN(CCOC)c1ccc(C2=C(O)/C(=C3\C=CC(=[N+](CC)CCOC)C=C3Cl)C(=O)C2=O)c(Cl)c1. The monoisotopic (exact) mass is 533 g/mol. The number of rotatable bonds is 10. The zero-order chi connectivity index (χ0) is 26.4. The average molecular weight is 534 g/mol. The molecule has 3 rings (SSSR count). The van der Waals surface area contributed by atoms with Crippen LogP contribution in [0, 0.1) is 0 Å². The minimum Gasteiger partial charge on any atom is -0.506 e. The first-order valence-corrected chi connectivity index (χ1v) is 12.5. The normalized spacial score (nSPS) is 19.3. The number of anilines is 1. The second kappa shape index (κ2) is 12.5. The zero-order valence-electron chi connectivity index (χ0n) is 20.9. The Kier molecular flexibility index (Phi) is 9.68. The number of methoxy groups -OCH3 is 2. The van der Waals surface area contributed by atoms with Gasteiger partial charge in [0, 0.05) is 56.3 Å². The highest BCUT2D eigenvalue weighted by Crippen LogP contribution is 2.40. The molecule has 0 bridgehead atoms. The van der Waals surface area contributed by atoms with Crippen molar-refractivity contribution in [1.82, 2.24) is 0 Å². The molecule has 2 aliphatic carbocycles. The smallest absolute Gasteiger partial charge is 0.238 e. The van der Waals surface area contributed by atoms with Gasteiger partial charge in [-0.25, -0.2) is 4.58 Å². The van der Waals surface area contributed by atoms with Crippen LogP contribution in [0.15, 0.2) is 58.4 Å². The van der Waals surface area contributed by atoms with E-state index in [1.807, 2.05) is 13.8 Å². The van der Waals surface area contributed by atoms with Crippen molar-refractivity contribution in [2.24, 2.45) is 0 Å². The Morgan fingerprint density at radius 1 is 1.00 bits per heavy atom. The lowest BCUT2D eigenvalue weighted by Gasteiger charge is -2.23. The number of aliphatic hydroxyl groups excluding tert-OH is 1. The third-order valence-electron chi connectivity index (χ3n) is 6.20. The molecule has 1 N–H and O–H groups in total. The van der Waals surface area contributed by atoms with Crippen molar-refractivity contribution in [2.45, 2.75) is 13.8 Å². The number of benzene rings is 1. The summed E-state index contributed by atoms with van der Waals surface area (Å²) in [7, 11) is 3.27. The number of aliphatic hydroxyl groups is 1. The largest absolute Gasteiger partial charge is 0.506 e. The van der Waals surface area contributed by atoms with Gasteiger partial charge in [-0.1, -0.05) is 29.3 Å². The molecule has 0 saturated heterocycles. The number of Topliss-reactive ketones (excluding diaryl/α,β-unsaturated/α-hetero) is 2. The number of carbonyl (C=O) groups is 2. The highest BCUT2D eigenvalue weighted by Gasteiger charge is 2.40. The third-order valence-corrected chi connectivity index (χ3v) is 6.83. The first-order chi connectivity index (χ1) is 17.3. The van der Waals surface area contributed by atoms with Crippen LogP contribution in [0.5, 0.6) is 0 Å². The molecule has 0 saturated carbocycles. The molecule has 192 valence electrons. The Labute approximate surface area is 221 Å². The van der Waals surface area contributed by atoms with Gasteiger partial charge in [0.15, 0.2) is 6.54 Å². The van der Waals surface area contributed by atoms with E-state index < -0.39 is 17.3 Å². The van der Waals surface area contributed by atoms with Crippen molar-refractivity contribution in [1.29, 1.82) is 0 Å². The quantitative estimate of drug-likeness (QED) is 0.273. The van der Waals surface area contributed by atoms with E-state index in [-0.39, 0.29) is 21.2 Å². The summed E-state index contributed by atoms with van der Waals surface area (Å²) in [4.78, 5) is 28.0. The van der Waals surface area contributed by atoms with Crippen LogP contribution in [-0.4, -0.2) is 80.6 Å². The van der Waals surface area contributed by atoms with Crippen LogP contribution < -0.4 is 4.90 Å². The Morgan fingerprint density at radius 2 is 1.69 bits per heavy atom. The van der Waals surface area contributed by atoms with E-state index in [2.05, 4.69) is 9.48 Å². The lowest BCUT2D eigenvalue weighted by molar-refractivity contribution is -0.525. The molecule has 0 radical (unpaired) electrons. The summed E-state index contributed by atoms with van der Waals surface area (Å²) in [6, 6.07) is 5.16. The fraction of sp³-hybridized carbons (Fsp3) is 0.370. The summed E-state index contributed by atoms with van der Waals surface area (Å²) in [6.45, 7) is 7.92. The van der Waals surface area contributed by atoms with Crippen molar-refractivity contribution < 1.29 is 28.7 Å². The minimum atomic E-state index is -0.820. The van der Waals surface area contributed by atoms with E-state index >= 15 is 0 Å². The minimum absolute atomic E-state index is 0.123. The number of halogens is 2. The average Bonchev–Trinajstić information content (AvgIpc) is 3.08. The van der Waals surface area contributed by atoms with Crippen LogP contribution >= 0.6 is 23.2 Å². The molecule has 0 spiro atoms. The van der Waals surface area contributed by atoms with E-state index in [4.69, 9.17) is 32.7 Å². The Hall–Kier alpha value is -2.71. The van der Waals surface area contributed by atoms with Crippen molar-refractivity contribution >= 4 is 51.7 Å². The van der Waals surface area contributed by atoms with Crippen molar-refractivity contribution in [3.8, 4) is 0 Å². The van der Waals surface area contributed by atoms with Crippen LogP contribution in [0.2, 0.25) is 5.02 Å². The van der Waals surface area contributed by atoms with Crippen LogP contribution in [0.25, 0.3) is 5.57 Å². The van der Waals surface area contributed by atoms with E-state index in [9.17, 15) is 14.7 Å². The van der Waals surface area contributed by atoms with Crippen molar-refractivity contribution in [3.63, 3.8) is 0 Å². The molecule has 36 heavy (non-hydrogen) atoms. The van der Waals surface area contributed by atoms with Crippen LogP contribution in [-0.2, 0) is 19.1 Å². The molecule has 0 aliphatic heterocycles. The second-order valence-corrected chi connectivity index (χ2v) is 9.04. The maximum Gasteiger partial charge on any atom is 0.238 e. The molecule has 1 aromatic carbocycles. The van der Waals surface area contributed by atoms with Gasteiger partial charge >= 0.3 is 0 Å². The standard InChI is InChI=1S/C27H30Cl2N2O5/c1-5-30(11-13-35-3)17-7-9-19(21(28)15-17)23-25(32)24(27(34)26(23)33)20-10-8-18(16-22(20)29)31(6-2)12-14-36-4/h7-10,15-16H,5-6,11-14H2,1-4H3/p+1. The Bertz CT molecular complexity index is 1210. The maximum absolute atomic E-state index is 13.0. The summed E-state index contributed by atoms with van der Waals surface area (Å²) in [5.41, 5.74) is 2.02. The molecule has 9 heteroatoms. The van der Waals surface area contributed by atoms with Crippen LogP contribution in [0.1, 0.15) is 19.4 Å². The van der Waals surface area contributed by atoms with Gasteiger partial charge < -0.3 is 19.5 Å². The number of likely N-dealkylation sites (N-methyl/N-ethyl adjacent to an activating group) is 2. The number of ether oxygens (including phenoxy) is 2. The highest BCUT2D eigenvalue weighted by molar-refractivity contribution is 6.64. The number of ketones is 2. The number of nitrogens with zero attached hydrogens (tertiary/aromatic N) is 2. The first-order valence-electron chi connectivity index (χ1n) is 11.8. The lowest BCUT2D eigenvalue weighted by Crippen LogP contribution is -2.26. The molecular formula is C27H31Cl2N2O5+. The van der Waals surface area contributed by atoms with E-state index in [1.54, 1.807) is 50.6 Å². The van der Waals surface area contributed by atoms with Gasteiger partial charge in [0.1, 0.15) is 18.9 Å². The van der Waals surface area contributed by atoms with E-state index in [0.717, 1.165) is 24.5 Å². The first kappa shape index (κ1) is 27.9. The van der Waals surface area contributed by atoms with Gasteiger partial charge in [0.25, 0.3) is 0 Å². The fourth-order valence-electron chi connectivity index (χ4n) is 4.22. The van der Waals surface area contributed by atoms with Crippen molar-refractivity contribution in [2.75, 3.05) is 58.5 Å². The van der Waals surface area contributed by atoms with Crippen molar-refractivity contribution in [3.05, 3.63) is 69.0 Å². The molecular weight excluding hydrogens is 503 g/mol. The van der Waals surface area contributed by atoms with Gasteiger partial charge in [-0.15, -0.1) is 0 Å². The summed E-state index contributed by atoms with van der Waals surface area (Å²) >= 11 is 13.1. The zero-order valence-corrected chi connectivity index (χ0v) is 22.4. The van der Waals surface area contributed by atoms with Gasteiger partial charge in [-0.2, -0.15) is 0 Å². The van der Waals surface area contributed by atoms with Crippen LogP contribution in [0.4, 0.5) is 5.69 Å². The van der Waals surface area contributed by atoms with Gasteiger partial charge in [-0.05, 0) is 32.1 Å². The predicted octanol–water partition coefficient (Wildman–Crippen LogP) is 4.34. The molecule has 0 aromatic heterocycles. The van der Waals surface area contributed by atoms with E-state index in [0.29, 0.717) is 37.4 Å². The summed E-state index contributed by atoms with van der Waals surface area (Å²) in [6.07, 6.45) is 5.16. The summed E-state index contributed by atoms with van der Waals surface area (Å²) in [5.74, 6) is -2.06. The molecule has 0 fully saturated rings. The second-order valence-electron chi connectivity index (χ2n) is 8.23. The number of hydrogen-bond acceptors (Lipinski definition) is 6. The van der Waals surface area contributed by atoms with Gasteiger partial charge in [0.2, 0.25) is 17.3 Å². The molecule has 0 unspecified atom stereocenters. The molecule has 0 atom stereocenters. The van der Waals surface area contributed by atoms with Crippen LogP contribution in [0.3, 0.4) is 0 Å². The van der Waals surface area contributed by atoms with Gasteiger partial charge in [0.05, 0.1) is 27.8 Å². The summed E-state index contributed by atoms with van der Waals surface area (Å²) < 4.78 is 12.4.